The van der Waals surface area contributed by atoms with Crippen molar-refractivity contribution in [3.63, 3.8) is 0 Å². The molecule has 3 rings (SSSR count). The van der Waals surface area contributed by atoms with E-state index in [-0.39, 0.29) is 17.3 Å². The summed E-state index contributed by atoms with van der Waals surface area (Å²) in [4.78, 5) is 12.4. The Balaban J connectivity index is 1.77. The van der Waals surface area contributed by atoms with Gasteiger partial charge in [-0.2, -0.15) is 0 Å². The molecule has 0 aliphatic heterocycles. The third-order valence-corrected chi connectivity index (χ3v) is 4.86. The first kappa shape index (κ1) is 17.6. The van der Waals surface area contributed by atoms with Crippen LogP contribution >= 0.6 is 11.6 Å². The fourth-order valence-electron chi connectivity index (χ4n) is 2.96. The van der Waals surface area contributed by atoms with Gasteiger partial charge >= 0.3 is 0 Å². The molecule has 2 N–H and O–H groups in total. The van der Waals surface area contributed by atoms with Gasteiger partial charge in [0.05, 0.1) is 12.3 Å². The number of hydrogen-bond acceptors (Lipinski definition) is 4. The summed E-state index contributed by atoms with van der Waals surface area (Å²) in [6, 6.07) is 9.17. The summed E-state index contributed by atoms with van der Waals surface area (Å²) in [5, 5.41) is 15.6. The van der Waals surface area contributed by atoms with Crippen molar-refractivity contribution in [1.82, 2.24) is 5.32 Å². The van der Waals surface area contributed by atoms with Crippen molar-refractivity contribution in [3.05, 3.63) is 58.1 Å². The Kier molecular flexibility index (Phi) is 4.62. The van der Waals surface area contributed by atoms with Crippen molar-refractivity contribution < 1.29 is 18.3 Å². The zero-order chi connectivity index (χ0) is 18.2. The van der Waals surface area contributed by atoms with Crippen molar-refractivity contribution in [2.75, 3.05) is 11.0 Å². The molecule has 25 heavy (non-hydrogen) atoms. The van der Waals surface area contributed by atoms with Gasteiger partial charge in [-0.1, -0.05) is 23.4 Å². The van der Waals surface area contributed by atoms with Gasteiger partial charge < -0.3 is 10.4 Å². The molecule has 0 saturated carbocycles. The van der Waals surface area contributed by atoms with Crippen molar-refractivity contribution >= 4 is 33.2 Å². The van der Waals surface area contributed by atoms with E-state index in [1.165, 1.54) is 12.1 Å². The van der Waals surface area contributed by atoms with Crippen molar-refractivity contribution in [3.8, 4) is 5.75 Å². The molecule has 0 aromatic heterocycles. The molecule has 2 aromatic carbocycles. The predicted octanol–water partition coefficient (Wildman–Crippen LogP) is 2.20. The van der Waals surface area contributed by atoms with Gasteiger partial charge in [-0.25, -0.2) is 8.42 Å². The summed E-state index contributed by atoms with van der Waals surface area (Å²) in [6.07, 6.45) is 2.54. The van der Waals surface area contributed by atoms with Crippen LogP contribution in [0, 0.1) is 0 Å². The minimum Gasteiger partial charge on any atom is -0.872 e. The molecule has 1 unspecified atom stereocenters. The maximum Gasteiger partial charge on any atom is 0.251 e. The summed E-state index contributed by atoms with van der Waals surface area (Å²) in [5.74, 6) is -1.02. The van der Waals surface area contributed by atoms with E-state index in [0.29, 0.717) is 5.02 Å². The average Bonchev–Trinajstić information content (AvgIpc) is 2.87. The molecule has 0 saturated heterocycles. The van der Waals surface area contributed by atoms with Crippen LogP contribution in [0.5, 0.6) is 5.75 Å². The fraction of sp³-hybridized carbons (Fsp3) is 0.235. The number of halogens is 1. The molecule has 2 aromatic rings. The molecular formula is C17H16ClN2O4S-. The zero-order valence-corrected chi connectivity index (χ0v) is 14.9. The second kappa shape index (κ2) is 6.57. The van der Waals surface area contributed by atoms with E-state index < -0.39 is 21.7 Å². The lowest BCUT2D eigenvalue weighted by Crippen LogP contribution is -2.28. The van der Waals surface area contributed by atoms with E-state index in [0.717, 1.165) is 36.3 Å². The molecule has 0 fully saturated rings. The number of hydrogen-bond donors (Lipinski definition) is 2. The van der Waals surface area contributed by atoms with Crippen LogP contribution in [-0.2, 0) is 16.4 Å². The highest BCUT2D eigenvalue weighted by atomic mass is 35.5. The first-order valence-electron chi connectivity index (χ1n) is 7.61. The second-order valence-corrected chi connectivity index (χ2v) is 8.18. The van der Waals surface area contributed by atoms with Crippen LogP contribution in [0.25, 0.3) is 0 Å². The Hall–Kier alpha value is -2.25. The van der Waals surface area contributed by atoms with Gasteiger partial charge in [-0.3, -0.25) is 9.52 Å². The van der Waals surface area contributed by atoms with Crippen LogP contribution in [0.3, 0.4) is 0 Å². The summed E-state index contributed by atoms with van der Waals surface area (Å²) < 4.78 is 24.6. The standard InChI is InChI=1S/C17H17ClN2O4S/c1-25(23,24)20-12-4-6-14(16(21)9-12)17(22)19-15-7-2-10-8-11(18)3-5-13(10)15/h3-6,8-9,15,20-21H,2,7H2,1H3,(H,19,22)/p-1. The molecule has 1 aliphatic rings. The lowest BCUT2D eigenvalue weighted by atomic mass is 10.1. The van der Waals surface area contributed by atoms with Gasteiger partial charge in [0.1, 0.15) is 0 Å². The lowest BCUT2D eigenvalue weighted by Gasteiger charge is -2.19. The second-order valence-electron chi connectivity index (χ2n) is 5.99. The van der Waals surface area contributed by atoms with E-state index >= 15 is 0 Å². The maximum absolute atomic E-state index is 12.4. The number of carbonyl (C=O) groups excluding carboxylic acids is 1. The summed E-state index contributed by atoms with van der Waals surface area (Å²) >= 11 is 5.98. The van der Waals surface area contributed by atoms with Crippen LogP contribution in [0.2, 0.25) is 5.02 Å². The molecule has 132 valence electrons. The minimum atomic E-state index is -3.48. The Morgan fingerprint density at radius 2 is 2.00 bits per heavy atom. The van der Waals surface area contributed by atoms with E-state index in [4.69, 9.17) is 11.6 Å². The summed E-state index contributed by atoms with van der Waals surface area (Å²) in [7, 11) is -3.48. The number of nitrogens with one attached hydrogen (secondary N) is 2. The van der Waals surface area contributed by atoms with E-state index in [1.807, 2.05) is 12.1 Å². The minimum absolute atomic E-state index is 0.0264. The van der Waals surface area contributed by atoms with Gasteiger partial charge in [0.15, 0.2) is 0 Å². The molecule has 6 nitrogen and oxygen atoms in total. The van der Waals surface area contributed by atoms with Crippen molar-refractivity contribution in [2.24, 2.45) is 0 Å². The SMILES string of the molecule is CS(=O)(=O)Nc1ccc(C(=O)NC2CCc3cc(Cl)ccc32)c([O-])c1. The van der Waals surface area contributed by atoms with Gasteiger partial charge in [-0.05, 0) is 54.3 Å². The molecule has 8 heteroatoms. The third kappa shape index (κ3) is 4.05. The number of sulfonamides is 1. The first-order chi connectivity index (χ1) is 11.7. The number of benzene rings is 2. The number of anilines is 1. The van der Waals surface area contributed by atoms with Crippen LogP contribution in [-0.4, -0.2) is 20.6 Å². The quantitative estimate of drug-likeness (QED) is 0.850. The normalized spacial score (nSPS) is 16.3. The first-order valence-corrected chi connectivity index (χ1v) is 9.88. The highest BCUT2D eigenvalue weighted by Gasteiger charge is 2.24. The van der Waals surface area contributed by atoms with E-state index in [2.05, 4.69) is 10.0 Å². The molecular weight excluding hydrogens is 364 g/mol. The van der Waals surface area contributed by atoms with Crippen LogP contribution < -0.4 is 15.1 Å². The molecule has 0 spiro atoms. The van der Waals surface area contributed by atoms with E-state index in [9.17, 15) is 18.3 Å². The molecule has 1 aliphatic carbocycles. The lowest BCUT2D eigenvalue weighted by molar-refractivity contribution is -0.268. The van der Waals surface area contributed by atoms with Gasteiger partial charge in [0, 0.05) is 16.3 Å². The predicted molar refractivity (Wildman–Crippen MR) is 94.3 cm³/mol. The Labute approximate surface area is 150 Å². The Morgan fingerprint density at radius 1 is 1.24 bits per heavy atom. The largest absolute Gasteiger partial charge is 0.872 e. The maximum atomic E-state index is 12.4. The average molecular weight is 380 g/mol. The highest BCUT2D eigenvalue weighted by Crippen LogP contribution is 2.33. The number of carbonyl (C=O) groups is 1. The van der Waals surface area contributed by atoms with Crippen molar-refractivity contribution in [2.45, 2.75) is 18.9 Å². The van der Waals surface area contributed by atoms with Crippen LogP contribution in [0.15, 0.2) is 36.4 Å². The summed E-state index contributed by atoms with van der Waals surface area (Å²) in [5.41, 5.74) is 2.19. The Bertz CT molecular complexity index is 944. The molecule has 0 heterocycles. The zero-order valence-electron chi connectivity index (χ0n) is 13.4. The monoisotopic (exact) mass is 379 g/mol. The van der Waals surface area contributed by atoms with Gasteiger partial charge in [-0.15, -0.1) is 0 Å². The van der Waals surface area contributed by atoms with Crippen molar-refractivity contribution in [1.29, 1.82) is 0 Å². The topological polar surface area (TPSA) is 98.3 Å². The molecule has 1 amide bonds. The number of fused-ring (bicyclic) bond motifs is 1. The van der Waals surface area contributed by atoms with E-state index in [1.54, 1.807) is 6.07 Å². The Morgan fingerprint density at radius 3 is 2.68 bits per heavy atom. The highest BCUT2D eigenvalue weighted by molar-refractivity contribution is 7.92. The smallest absolute Gasteiger partial charge is 0.251 e. The van der Waals surface area contributed by atoms with Crippen LogP contribution in [0.4, 0.5) is 5.69 Å². The molecule has 0 bridgehead atoms. The number of rotatable bonds is 4. The van der Waals surface area contributed by atoms with Crippen LogP contribution in [0.1, 0.15) is 33.9 Å². The number of aryl methyl sites for hydroxylation is 1. The fourth-order valence-corrected chi connectivity index (χ4v) is 3.71. The third-order valence-electron chi connectivity index (χ3n) is 4.02. The van der Waals surface area contributed by atoms with Gasteiger partial charge in [0.2, 0.25) is 10.0 Å². The molecule has 0 radical (unpaired) electrons. The summed E-state index contributed by atoms with van der Waals surface area (Å²) in [6.45, 7) is 0. The number of amides is 1. The molecule has 1 atom stereocenters. The van der Waals surface area contributed by atoms with Gasteiger partial charge in [0.25, 0.3) is 5.91 Å².